The molecule has 0 unspecified atom stereocenters. The first kappa shape index (κ1) is 14.3. The van der Waals surface area contributed by atoms with E-state index in [1.165, 1.54) is 17.2 Å². The van der Waals surface area contributed by atoms with Crippen molar-refractivity contribution in [3.8, 4) is 17.2 Å². The maximum absolute atomic E-state index is 9.80. The van der Waals surface area contributed by atoms with Gasteiger partial charge < -0.3 is 14.9 Å². The van der Waals surface area contributed by atoms with Crippen LogP contribution in [0.4, 0.5) is 0 Å². The van der Waals surface area contributed by atoms with Crippen LogP contribution in [0.25, 0.3) is 0 Å². The number of hydrogen-bond acceptors (Lipinski definition) is 3. The Balaban J connectivity index is 2.17. The molecule has 2 aromatic carbocycles. The summed E-state index contributed by atoms with van der Waals surface area (Å²) in [5.74, 6) is 1.13. The zero-order valence-corrected chi connectivity index (χ0v) is 12.1. The van der Waals surface area contributed by atoms with Crippen molar-refractivity contribution in [1.82, 2.24) is 0 Å². The third-order valence-corrected chi connectivity index (χ3v) is 3.80. The third-order valence-electron chi connectivity index (χ3n) is 3.80. The number of aromatic hydroxyl groups is 2. The topological polar surface area (TPSA) is 49.7 Å². The van der Waals surface area contributed by atoms with Gasteiger partial charge in [0.2, 0.25) is 0 Å². The summed E-state index contributed by atoms with van der Waals surface area (Å²) in [6.07, 6.45) is 1.58. The van der Waals surface area contributed by atoms with E-state index in [-0.39, 0.29) is 11.5 Å². The largest absolute Gasteiger partial charge is 0.508 e. The average molecular weight is 272 g/mol. The van der Waals surface area contributed by atoms with Gasteiger partial charge in [-0.3, -0.25) is 0 Å². The highest BCUT2D eigenvalue weighted by Crippen LogP contribution is 2.27. The van der Waals surface area contributed by atoms with E-state index < -0.39 is 0 Å². The summed E-state index contributed by atoms with van der Waals surface area (Å²) < 4.78 is 5.31. The lowest BCUT2D eigenvalue weighted by atomic mass is 9.96. The molecule has 0 aliphatic rings. The molecule has 2 rings (SSSR count). The number of phenols is 2. The van der Waals surface area contributed by atoms with E-state index in [4.69, 9.17) is 4.74 Å². The molecule has 0 saturated carbocycles. The first-order valence-electron chi connectivity index (χ1n) is 6.67. The lowest BCUT2D eigenvalue weighted by Gasteiger charge is -2.13. The van der Waals surface area contributed by atoms with Crippen LogP contribution in [-0.2, 0) is 12.8 Å². The first-order valence-corrected chi connectivity index (χ1v) is 6.67. The SMILES string of the molecule is COc1ccc(CCc2ccc(O)cc2O)c(C)c1C. The summed E-state index contributed by atoms with van der Waals surface area (Å²) >= 11 is 0. The number of methoxy groups -OCH3 is 1. The summed E-state index contributed by atoms with van der Waals surface area (Å²) in [7, 11) is 1.68. The van der Waals surface area contributed by atoms with Gasteiger partial charge in [-0.15, -0.1) is 0 Å². The molecule has 0 aliphatic carbocycles. The summed E-state index contributed by atoms with van der Waals surface area (Å²) in [6.45, 7) is 4.14. The highest BCUT2D eigenvalue weighted by atomic mass is 16.5. The fraction of sp³-hybridized carbons (Fsp3) is 0.294. The van der Waals surface area contributed by atoms with Crippen LogP contribution in [0.1, 0.15) is 22.3 Å². The lowest BCUT2D eigenvalue weighted by molar-refractivity contribution is 0.411. The van der Waals surface area contributed by atoms with Gasteiger partial charge in [-0.1, -0.05) is 12.1 Å². The molecule has 0 atom stereocenters. The molecule has 0 radical (unpaired) electrons. The van der Waals surface area contributed by atoms with Gasteiger partial charge in [-0.25, -0.2) is 0 Å². The second kappa shape index (κ2) is 5.87. The Morgan fingerprint density at radius 3 is 2.20 bits per heavy atom. The molecule has 0 saturated heterocycles. The Labute approximate surface area is 119 Å². The predicted molar refractivity (Wildman–Crippen MR) is 79.6 cm³/mol. The van der Waals surface area contributed by atoms with Gasteiger partial charge in [-0.05, 0) is 61.1 Å². The Morgan fingerprint density at radius 2 is 1.55 bits per heavy atom. The maximum Gasteiger partial charge on any atom is 0.122 e. The molecule has 3 heteroatoms. The first-order chi connectivity index (χ1) is 9.52. The van der Waals surface area contributed by atoms with Gasteiger partial charge >= 0.3 is 0 Å². The van der Waals surface area contributed by atoms with Crippen molar-refractivity contribution in [2.24, 2.45) is 0 Å². The van der Waals surface area contributed by atoms with Crippen LogP contribution in [0.15, 0.2) is 30.3 Å². The fourth-order valence-corrected chi connectivity index (χ4v) is 2.38. The Hall–Kier alpha value is -2.16. The quantitative estimate of drug-likeness (QED) is 0.895. The molecule has 0 spiro atoms. The zero-order valence-electron chi connectivity index (χ0n) is 12.1. The summed E-state index contributed by atoms with van der Waals surface area (Å²) in [4.78, 5) is 0. The normalized spacial score (nSPS) is 10.6. The fourth-order valence-electron chi connectivity index (χ4n) is 2.38. The molecule has 0 amide bonds. The molecule has 0 heterocycles. The van der Waals surface area contributed by atoms with Gasteiger partial charge in [0, 0.05) is 6.07 Å². The molecule has 0 aliphatic heterocycles. The zero-order chi connectivity index (χ0) is 14.7. The molecule has 106 valence electrons. The van der Waals surface area contributed by atoms with Gasteiger partial charge in [0.15, 0.2) is 0 Å². The van der Waals surface area contributed by atoms with E-state index in [1.54, 1.807) is 19.2 Å². The van der Waals surface area contributed by atoms with Crippen molar-refractivity contribution < 1.29 is 14.9 Å². The van der Waals surface area contributed by atoms with E-state index >= 15 is 0 Å². The highest BCUT2D eigenvalue weighted by molar-refractivity contribution is 5.44. The molecule has 0 bridgehead atoms. The molecule has 3 nitrogen and oxygen atoms in total. The van der Waals surface area contributed by atoms with E-state index in [9.17, 15) is 10.2 Å². The van der Waals surface area contributed by atoms with E-state index in [0.29, 0.717) is 0 Å². The predicted octanol–water partition coefficient (Wildman–Crippen LogP) is 3.51. The number of rotatable bonds is 4. The highest BCUT2D eigenvalue weighted by Gasteiger charge is 2.08. The number of hydrogen-bond donors (Lipinski definition) is 2. The van der Waals surface area contributed by atoms with E-state index in [1.807, 2.05) is 6.07 Å². The Morgan fingerprint density at radius 1 is 0.900 bits per heavy atom. The number of phenolic OH excluding ortho intramolecular Hbond substituents is 2. The molecular weight excluding hydrogens is 252 g/mol. The van der Waals surface area contributed by atoms with Crippen molar-refractivity contribution in [2.45, 2.75) is 26.7 Å². The summed E-state index contributed by atoms with van der Waals surface area (Å²) in [5, 5.41) is 19.1. The molecule has 20 heavy (non-hydrogen) atoms. The second-order valence-electron chi connectivity index (χ2n) is 4.99. The van der Waals surface area contributed by atoms with Crippen molar-refractivity contribution in [2.75, 3.05) is 7.11 Å². The van der Waals surface area contributed by atoms with Crippen molar-refractivity contribution in [3.05, 3.63) is 52.6 Å². The molecular formula is C17H20O3. The lowest BCUT2D eigenvalue weighted by Crippen LogP contribution is -1.98. The van der Waals surface area contributed by atoms with Gasteiger partial charge in [0.25, 0.3) is 0 Å². The average Bonchev–Trinajstić information content (AvgIpc) is 2.42. The van der Waals surface area contributed by atoms with Crippen LogP contribution in [0.2, 0.25) is 0 Å². The molecule has 0 fully saturated rings. The van der Waals surface area contributed by atoms with Gasteiger partial charge in [0.1, 0.15) is 17.2 Å². The molecule has 0 aromatic heterocycles. The van der Waals surface area contributed by atoms with Crippen LogP contribution in [0, 0.1) is 13.8 Å². The van der Waals surface area contributed by atoms with Crippen molar-refractivity contribution >= 4 is 0 Å². The number of benzene rings is 2. The minimum absolute atomic E-state index is 0.0859. The molecule has 2 aromatic rings. The number of ether oxygens (including phenoxy) is 1. The smallest absolute Gasteiger partial charge is 0.122 e. The van der Waals surface area contributed by atoms with Crippen LogP contribution in [0.5, 0.6) is 17.2 Å². The van der Waals surface area contributed by atoms with Crippen LogP contribution >= 0.6 is 0 Å². The van der Waals surface area contributed by atoms with Gasteiger partial charge in [0.05, 0.1) is 7.11 Å². The van der Waals surface area contributed by atoms with Crippen molar-refractivity contribution in [1.29, 1.82) is 0 Å². The summed E-state index contributed by atoms with van der Waals surface area (Å²) in [6, 6.07) is 8.78. The Bertz CT molecular complexity index is 618. The second-order valence-corrected chi connectivity index (χ2v) is 4.99. The number of aryl methyl sites for hydroxylation is 2. The minimum Gasteiger partial charge on any atom is -0.508 e. The standard InChI is InChI=1S/C17H20O3/c1-11-12(2)17(20-3)9-7-13(11)4-5-14-6-8-15(18)10-16(14)19/h6-10,18-19H,4-5H2,1-3H3. The Kier molecular flexibility index (Phi) is 4.18. The van der Waals surface area contributed by atoms with Crippen LogP contribution in [-0.4, -0.2) is 17.3 Å². The summed E-state index contributed by atoms with van der Waals surface area (Å²) in [5.41, 5.74) is 4.47. The van der Waals surface area contributed by atoms with Crippen LogP contribution in [0.3, 0.4) is 0 Å². The van der Waals surface area contributed by atoms with Gasteiger partial charge in [-0.2, -0.15) is 0 Å². The minimum atomic E-state index is 0.0859. The van der Waals surface area contributed by atoms with Crippen molar-refractivity contribution in [3.63, 3.8) is 0 Å². The van der Waals surface area contributed by atoms with Crippen LogP contribution < -0.4 is 4.74 Å². The third kappa shape index (κ3) is 2.87. The maximum atomic E-state index is 9.80. The van der Waals surface area contributed by atoms with E-state index in [2.05, 4.69) is 19.9 Å². The molecule has 2 N–H and O–H groups in total. The van der Waals surface area contributed by atoms with E-state index in [0.717, 1.165) is 29.7 Å². The monoisotopic (exact) mass is 272 g/mol.